The summed E-state index contributed by atoms with van der Waals surface area (Å²) in [7, 11) is 0. The van der Waals surface area contributed by atoms with Gasteiger partial charge in [0.2, 0.25) is 0 Å². The highest BCUT2D eigenvalue weighted by molar-refractivity contribution is 6.33. The highest BCUT2D eigenvalue weighted by atomic mass is 35.5. The molecule has 1 N–H and O–H groups in total. The number of halogens is 4. The van der Waals surface area contributed by atoms with Gasteiger partial charge in [-0.15, -0.1) is 0 Å². The molecule has 2 aromatic rings. The van der Waals surface area contributed by atoms with Gasteiger partial charge in [-0.05, 0) is 29.8 Å². The number of aromatic carboxylic acids is 1. The molecule has 0 aliphatic heterocycles. The van der Waals surface area contributed by atoms with Gasteiger partial charge in [0.15, 0.2) is 11.6 Å². The van der Waals surface area contributed by atoms with Crippen molar-refractivity contribution in [1.29, 1.82) is 0 Å². The maximum atomic E-state index is 13.2. The summed E-state index contributed by atoms with van der Waals surface area (Å²) < 4.78 is 39.2. The quantitative estimate of drug-likeness (QED) is 0.843. The summed E-state index contributed by atoms with van der Waals surface area (Å²) in [4.78, 5) is 11.0. The number of hydrogen-bond donors (Lipinski definition) is 1. The summed E-state index contributed by atoms with van der Waals surface area (Å²) in [6, 6.07) is 4.46. The maximum absolute atomic E-state index is 13.2. The molecule has 0 heterocycles. The fourth-order valence-corrected chi connectivity index (χ4v) is 1.91. The SMILES string of the molecule is O=C(O)c1cc(F)ccc1-c1cc(F)c(F)cc1Cl. The molecule has 0 aliphatic rings. The van der Waals surface area contributed by atoms with E-state index in [0.29, 0.717) is 0 Å². The number of carbonyl (C=O) groups is 1. The van der Waals surface area contributed by atoms with E-state index < -0.39 is 23.4 Å². The summed E-state index contributed by atoms with van der Waals surface area (Å²) in [5.74, 6) is -4.46. The Morgan fingerprint density at radius 1 is 1.00 bits per heavy atom. The standard InChI is InChI=1S/C13H6ClF3O2/c14-10-5-12(17)11(16)4-8(10)7-2-1-6(15)3-9(7)13(18)19/h1-5H,(H,18,19). The van der Waals surface area contributed by atoms with Gasteiger partial charge in [0.25, 0.3) is 0 Å². The zero-order valence-corrected chi connectivity index (χ0v) is 10.0. The summed E-state index contributed by atoms with van der Waals surface area (Å²) in [6.45, 7) is 0. The van der Waals surface area contributed by atoms with Crippen LogP contribution in [0.5, 0.6) is 0 Å². The summed E-state index contributed by atoms with van der Waals surface area (Å²) in [5.41, 5.74) is -0.385. The van der Waals surface area contributed by atoms with Crippen LogP contribution in [0, 0.1) is 17.5 Å². The second kappa shape index (κ2) is 4.93. The van der Waals surface area contributed by atoms with E-state index in [1.165, 1.54) is 0 Å². The van der Waals surface area contributed by atoms with E-state index in [2.05, 4.69) is 0 Å². The van der Waals surface area contributed by atoms with Crippen molar-refractivity contribution in [2.24, 2.45) is 0 Å². The maximum Gasteiger partial charge on any atom is 0.336 e. The number of rotatable bonds is 2. The Balaban J connectivity index is 2.72. The van der Waals surface area contributed by atoms with Crippen LogP contribution < -0.4 is 0 Å². The highest BCUT2D eigenvalue weighted by Crippen LogP contribution is 2.32. The van der Waals surface area contributed by atoms with Gasteiger partial charge in [0, 0.05) is 5.56 Å². The molecule has 2 rings (SSSR count). The van der Waals surface area contributed by atoms with Gasteiger partial charge < -0.3 is 5.11 Å². The second-order valence-corrected chi connectivity index (χ2v) is 4.15. The minimum absolute atomic E-state index is 0.0119. The molecule has 0 amide bonds. The Bertz CT molecular complexity index is 671. The fourth-order valence-electron chi connectivity index (χ4n) is 1.66. The monoisotopic (exact) mass is 286 g/mol. The first-order chi connectivity index (χ1) is 8.90. The molecule has 0 aliphatic carbocycles. The van der Waals surface area contributed by atoms with Crippen LogP contribution in [0.4, 0.5) is 13.2 Å². The average molecular weight is 287 g/mol. The largest absolute Gasteiger partial charge is 0.478 e. The lowest BCUT2D eigenvalue weighted by Gasteiger charge is -2.09. The molecule has 0 spiro atoms. The van der Waals surface area contributed by atoms with E-state index in [1.54, 1.807) is 0 Å². The van der Waals surface area contributed by atoms with E-state index >= 15 is 0 Å². The molecule has 0 aromatic heterocycles. The van der Waals surface area contributed by atoms with Crippen molar-refractivity contribution in [3.8, 4) is 11.1 Å². The van der Waals surface area contributed by atoms with Gasteiger partial charge in [-0.2, -0.15) is 0 Å². The minimum Gasteiger partial charge on any atom is -0.478 e. The number of carboxylic acid groups (broad SMARTS) is 1. The van der Waals surface area contributed by atoms with Gasteiger partial charge >= 0.3 is 5.97 Å². The van der Waals surface area contributed by atoms with Crippen LogP contribution in [0.2, 0.25) is 5.02 Å². The van der Waals surface area contributed by atoms with E-state index in [4.69, 9.17) is 16.7 Å². The van der Waals surface area contributed by atoms with Crippen LogP contribution >= 0.6 is 11.6 Å². The van der Waals surface area contributed by atoms with E-state index in [0.717, 1.165) is 30.3 Å². The van der Waals surface area contributed by atoms with Gasteiger partial charge in [-0.3, -0.25) is 0 Å². The molecule has 2 nitrogen and oxygen atoms in total. The number of benzene rings is 2. The van der Waals surface area contributed by atoms with Crippen molar-refractivity contribution >= 4 is 17.6 Å². The summed E-state index contributed by atoms with van der Waals surface area (Å²) >= 11 is 5.76. The van der Waals surface area contributed by atoms with Gasteiger partial charge in [-0.1, -0.05) is 17.7 Å². The first-order valence-electron chi connectivity index (χ1n) is 5.08. The van der Waals surface area contributed by atoms with Gasteiger partial charge in [-0.25, -0.2) is 18.0 Å². The van der Waals surface area contributed by atoms with E-state index in [9.17, 15) is 18.0 Å². The predicted molar refractivity (Wildman–Crippen MR) is 63.7 cm³/mol. The molecular formula is C13H6ClF3O2. The smallest absolute Gasteiger partial charge is 0.336 e. The Morgan fingerprint density at radius 3 is 2.26 bits per heavy atom. The summed E-state index contributed by atoms with van der Waals surface area (Å²) in [5, 5.41) is 8.83. The molecule has 6 heteroatoms. The second-order valence-electron chi connectivity index (χ2n) is 3.74. The highest BCUT2D eigenvalue weighted by Gasteiger charge is 2.17. The first kappa shape index (κ1) is 13.4. The minimum atomic E-state index is -1.39. The lowest BCUT2D eigenvalue weighted by atomic mass is 9.99. The van der Waals surface area contributed by atoms with Crippen molar-refractivity contribution in [2.75, 3.05) is 0 Å². The molecule has 19 heavy (non-hydrogen) atoms. The molecule has 2 aromatic carbocycles. The molecule has 0 atom stereocenters. The van der Waals surface area contributed by atoms with Crippen LogP contribution in [-0.4, -0.2) is 11.1 Å². The summed E-state index contributed by atoms with van der Waals surface area (Å²) in [6.07, 6.45) is 0. The van der Waals surface area contributed by atoms with E-state index in [1.807, 2.05) is 0 Å². The predicted octanol–water partition coefficient (Wildman–Crippen LogP) is 4.12. The molecule has 0 radical (unpaired) electrons. The van der Waals surface area contributed by atoms with Crippen molar-refractivity contribution < 1.29 is 23.1 Å². The molecule has 0 bridgehead atoms. The molecule has 0 saturated carbocycles. The Morgan fingerprint density at radius 2 is 1.63 bits per heavy atom. The third-order valence-electron chi connectivity index (χ3n) is 2.51. The number of hydrogen-bond acceptors (Lipinski definition) is 1. The molecular weight excluding hydrogens is 281 g/mol. The van der Waals surface area contributed by atoms with Crippen LogP contribution in [0.3, 0.4) is 0 Å². The number of carboxylic acids is 1. The topological polar surface area (TPSA) is 37.3 Å². The molecule has 0 fully saturated rings. The fraction of sp³-hybridized carbons (Fsp3) is 0. The van der Waals surface area contributed by atoms with Crippen molar-refractivity contribution in [1.82, 2.24) is 0 Å². The van der Waals surface area contributed by atoms with Crippen LogP contribution in [0.1, 0.15) is 10.4 Å². The molecule has 0 saturated heterocycles. The van der Waals surface area contributed by atoms with Crippen LogP contribution in [0.25, 0.3) is 11.1 Å². The van der Waals surface area contributed by atoms with Crippen molar-refractivity contribution in [3.05, 3.63) is 58.4 Å². The lowest BCUT2D eigenvalue weighted by molar-refractivity contribution is 0.0697. The van der Waals surface area contributed by atoms with E-state index in [-0.39, 0.29) is 21.7 Å². The van der Waals surface area contributed by atoms with Crippen LogP contribution in [0.15, 0.2) is 30.3 Å². The van der Waals surface area contributed by atoms with Gasteiger partial charge in [0.05, 0.1) is 10.6 Å². The zero-order chi connectivity index (χ0) is 14.2. The Kier molecular flexibility index (Phi) is 3.48. The van der Waals surface area contributed by atoms with Crippen molar-refractivity contribution in [3.63, 3.8) is 0 Å². The lowest BCUT2D eigenvalue weighted by Crippen LogP contribution is -2.01. The Hall–Kier alpha value is -2.01. The van der Waals surface area contributed by atoms with Crippen LogP contribution in [-0.2, 0) is 0 Å². The average Bonchev–Trinajstić information content (AvgIpc) is 2.34. The van der Waals surface area contributed by atoms with Gasteiger partial charge in [0.1, 0.15) is 5.82 Å². The normalized spacial score (nSPS) is 10.5. The first-order valence-corrected chi connectivity index (χ1v) is 5.45. The third-order valence-corrected chi connectivity index (χ3v) is 2.82. The zero-order valence-electron chi connectivity index (χ0n) is 9.25. The molecule has 98 valence electrons. The Labute approximate surface area is 111 Å². The third kappa shape index (κ3) is 2.56. The van der Waals surface area contributed by atoms with Crippen molar-refractivity contribution in [2.45, 2.75) is 0 Å². The molecule has 0 unspecified atom stereocenters.